The molecule has 0 aliphatic rings. The van der Waals surface area contributed by atoms with Crippen LogP contribution in [0.2, 0.25) is 5.02 Å². The van der Waals surface area contributed by atoms with Crippen LogP contribution in [0.4, 0.5) is 9.80 Å². The molecule has 7 nitrogen and oxygen atoms in total. The molecule has 0 saturated carbocycles. The molecular weight excluding hydrogens is 440 g/mol. The van der Waals surface area contributed by atoms with Crippen LogP contribution in [0.5, 0.6) is 0 Å². The summed E-state index contributed by atoms with van der Waals surface area (Å²) in [5.41, 5.74) is 0.939. The summed E-state index contributed by atoms with van der Waals surface area (Å²) in [7, 11) is 1.42. The number of nitrogens with one attached hydrogen (secondary N) is 2. The number of carbonyl (C=O) groups is 3. The molecular formula is C22H27ClN2O5S. The number of amides is 2. The lowest BCUT2D eigenvalue weighted by Crippen LogP contribution is -2.48. The lowest BCUT2D eigenvalue weighted by Gasteiger charge is -2.23. The molecule has 168 valence electrons. The number of rotatable bonds is 7. The standard InChI is InChI=1S/C22H27ClN2O5S/c1-12-13(2)31-20(17(12)18(26)14-7-9-15(23)10-8-14)25-19(27)16(11-29-6)24-21(28)30-22(3,4)5/h7-10,16H,11H2,1-6H3,(H,24,28)(H,25,27). The topological polar surface area (TPSA) is 93.7 Å². The number of thiophene rings is 1. The third-order valence-electron chi connectivity index (χ3n) is 4.30. The van der Waals surface area contributed by atoms with Gasteiger partial charge in [-0.15, -0.1) is 11.3 Å². The normalized spacial score (nSPS) is 12.2. The predicted octanol–water partition coefficient (Wildman–Crippen LogP) is 4.73. The molecule has 2 amide bonds. The van der Waals surface area contributed by atoms with E-state index in [4.69, 9.17) is 21.1 Å². The van der Waals surface area contributed by atoms with Gasteiger partial charge < -0.3 is 20.1 Å². The third kappa shape index (κ3) is 6.78. The molecule has 31 heavy (non-hydrogen) atoms. The number of hydrogen-bond acceptors (Lipinski definition) is 6. The molecule has 1 heterocycles. The van der Waals surface area contributed by atoms with Gasteiger partial charge in [0.2, 0.25) is 5.91 Å². The minimum absolute atomic E-state index is 0.0606. The minimum atomic E-state index is -0.999. The molecule has 2 rings (SSSR count). The zero-order valence-corrected chi connectivity index (χ0v) is 20.0. The van der Waals surface area contributed by atoms with Gasteiger partial charge in [-0.3, -0.25) is 9.59 Å². The second-order valence-corrected chi connectivity index (χ2v) is 9.63. The minimum Gasteiger partial charge on any atom is -0.444 e. The van der Waals surface area contributed by atoms with Crippen LogP contribution < -0.4 is 10.6 Å². The van der Waals surface area contributed by atoms with Crippen LogP contribution in [0.1, 0.15) is 47.1 Å². The van der Waals surface area contributed by atoms with Crippen LogP contribution in [0.3, 0.4) is 0 Å². The largest absolute Gasteiger partial charge is 0.444 e. The Kier molecular flexibility index (Phi) is 8.22. The van der Waals surface area contributed by atoms with Crippen LogP contribution in [0, 0.1) is 13.8 Å². The van der Waals surface area contributed by atoms with Crippen molar-refractivity contribution >= 4 is 45.7 Å². The number of ether oxygens (including phenoxy) is 2. The average molecular weight is 467 g/mol. The van der Waals surface area contributed by atoms with E-state index >= 15 is 0 Å². The Morgan fingerprint density at radius 1 is 1.13 bits per heavy atom. The van der Waals surface area contributed by atoms with E-state index in [1.807, 2.05) is 13.8 Å². The van der Waals surface area contributed by atoms with Crippen molar-refractivity contribution in [2.24, 2.45) is 0 Å². The van der Waals surface area contributed by atoms with Crippen molar-refractivity contribution in [2.75, 3.05) is 19.0 Å². The van der Waals surface area contributed by atoms with Gasteiger partial charge in [-0.1, -0.05) is 11.6 Å². The van der Waals surface area contributed by atoms with Gasteiger partial charge in [0.15, 0.2) is 5.78 Å². The summed E-state index contributed by atoms with van der Waals surface area (Å²) < 4.78 is 10.3. The van der Waals surface area contributed by atoms with E-state index in [0.717, 1.165) is 10.4 Å². The van der Waals surface area contributed by atoms with Crippen molar-refractivity contribution in [1.82, 2.24) is 5.32 Å². The van der Waals surface area contributed by atoms with Crippen molar-refractivity contribution in [2.45, 2.75) is 46.3 Å². The highest BCUT2D eigenvalue weighted by molar-refractivity contribution is 7.16. The molecule has 0 aliphatic carbocycles. The Morgan fingerprint density at radius 2 is 1.74 bits per heavy atom. The molecule has 9 heteroatoms. The number of anilines is 1. The predicted molar refractivity (Wildman–Crippen MR) is 122 cm³/mol. The Morgan fingerprint density at radius 3 is 2.29 bits per heavy atom. The molecule has 0 aliphatic heterocycles. The molecule has 0 bridgehead atoms. The van der Waals surface area contributed by atoms with Gasteiger partial charge in [0.05, 0.1) is 12.2 Å². The average Bonchev–Trinajstić information content (AvgIpc) is 2.93. The smallest absolute Gasteiger partial charge is 0.408 e. The quantitative estimate of drug-likeness (QED) is 0.575. The van der Waals surface area contributed by atoms with Crippen molar-refractivity contribution in [1.29, 1.82) is 0 Å². The first-order valence-corrected chi connectivity index (χ1v) is 10.8. The van der Waals surface area contributed by atoms with Gasteiger partial charge in [-0.25, -0.2) is 4.79 Å². The zero-order chi connectivity index (χ0) is 23.3. The van der Waals surface area contributed by atoms with Crippen LogP contribution >= 0.6 is 22.9 Å². The lowest BCUT2D eigenvalue weighted by molar-refractivity contribution is -0.119. The second kappa shape index (κ2) is 10.3. The van der Waals surface area contributed by atoms with Crippen molar-refractivity contribution < 1.29 is 23.9 Å². The number of methoxy groups -OCH3 is 1. The summed E-state index contributed by atoms with van der Waals surface area (Å²) in [6, 6.07) is 5.56. The molecule has 1 atom stereocenters. The number of alkyl carbamates (subject to hydrolysis) is 1. The van der Waals surface area contributed by atoms with Crippen LogP contribution in [0.15, 0.2) is 24.3 Å². The zero-order valence-electron chi connectivity index (χ0n) is 18.4. The summed E-state index contributed by atoms with van der Waals surface area (Å²) in [5, 5.41) is 6.22. The number of ketones is 1. The van der Waals surface area contributed by atoms with Crippen LogP contribution in [-0.4, -0.2) is 43.1 Å². The highest BCUT2D eigenvalue weighted by Gasteiger charge is 2.27. The first-order valence-electron chi connectivity index (χ1n) is 9.62. The fraction of sp³-hybridized carbons (Fsp3) is 0.409. The Hall–Kier alpha value is -2.42. The molecule has 1 aromatic carbocycles. The number of hydrogen-bond donors (Lipinski definition) is 2. The second-order valence-electron chi connectivity index (χ2n) is 7.97. The maximum atomic E-state index is 13.1. The molecule has 0 saturated heterocycles. The van der Waals surface area contributed by atoms with Gasteiger partial charge >= 0.3 is 6.09 Å². The molecule has 1 unspecified atom stereocenters. The number of benzene rings is 1. The molecule has 1 aromatic heterocycles. The van der Waals surface area contributed by atoms with E-state index in [9.17, 15) is 14.4 Å². The first-order chi connectivity index (χ1) is 14.4. The maximum Gasteiger partial charge on any atom is 0.408 e. The Labute approximate surface area is 191 Å². The first kappa shape index (κ1) is 24.8. The van der Waals surface area contributed by atoms with Gasteiger partial charge in [0.25, 0.3) is 0 Å². The van der Waals surface area contributed by atoms with Gasteiger partial charge in [0.1, 0.15) is 16.6 Å². The molecule has 0 radical (unpaired) electrons. The summed E-state index contributed by atoms with van der Waals surface area (Å²) in [4.78, 5) is 39.0. The monoisotopic (exact) mass is 466 g/mol. The number of halogens is 1. The maximum absolute atomic E-state index is 13.1. The van der Waals surface area contributed by atoms with Gasteiger partial charge in [0, 0.05) is 22.6 Å². The summed E-state index contributed by atoms with van der Waals surface area (Å²) in [6.07, 6.45) is -0.735. The summed E-state index contributed by atoms with van der Waals surface area (Å²) in [5.74, 6) is -0.740. The molecule has 0 fully saturated rings. The van der Waals surface area contributed by atoms with E-state index in [1.54, 1.807) is 45.0 Å². The highest BCUT2D eigenvalue weighted by Crippen LogP contribution is 2.34. The Balaban J connectivity index is 2.26. The van der Waals surface area contributed by atoms with Gasteiger partial charge in [-0.2, -0.15) is 0 Å². The third-order valence-corrected chi connectivity index (χ3v) is 5.67. The fourth-order valence-electron chi connectivity index (χ4n) is 2.73. The fourth-order valence-corrected chi connectivity index (χ4v) is 3.92. The van der Waals surface area contributed by atoms with E-state index in [-0.39, 0.29) is 12.4 Å². The summed E-state index contributed by atoms with van der Waals surface area (Å²) >= 11 is 7.22. The van der Waals surface area contributed by atoms with Gasteiger partial charge in [-0.05, 0) is 64.4 Å². The molecule has 2 N–H and O–H groups in total. The van der Waals surface area contributed by atoms with E-state index in [1.165, 1.54) is 18.4 Å². The van der Waals surface area contributed by atoms with E-state index < -0.39 is 23.6 Å². The van der Waals surface area contributed by atoms with Crippen molar-refractivity contribution in [3.8, 4) is 0 Å². The van der Waals surface area contributed by atoms with E-state index in [0.29, 0.717) is 21.2 Å². The highest BCUT2D eigenvalue weighted by atomic mass is 35.5. The van der Waals surface area contributed by atoms with E-state index in [2.05, 4.69) is 10.6 Å². The van der Waals surface area contributed by atoms with Crippen LogP contribution in [0.25, 0.3) is 0 Å². The SMILES string of the molecule is COCC(NC(=O)OC(C)(C)C)C(=O)Nc1sc(C)c(C)c1C(=O)c1ccc(Cl)cc1. The number of carbonyl (C=O) groups excluding carboxylic acids is 3. The summed E-state index contributed by atoms with van der Waals surface area (Å²) in [6.45, 7) is 8.82. The van der Waals surface area contributed by atoms with Crippen LogP contribution in [-0.2, 0) is 14.3 Å². The number of aryl methyl sites for hydroxylation is 1. The molecule has 2 aromatic rings. The lowest BCUT2D eigenvalue weighted by atomic mass is 10.0. The molecule has 0 spiro atoms. The van der Waals surface area contributed by atoms with Crippen molar-refractivity contribution in [3.63, 3.8) is 0 Å². The Bertz CT molecular complexity index is 964. The van der Waals surface area contributed by atoms with Crippen molar-refractivity contribution in [3.05, 3.63) is 50.9 Å².